The van der Waals surface area contributed by atoms with Crippen LogP contribution in [0.2, 0.25) is 0 Å². The maximum atomic E-state index is 6.23. The van der Waals surface area contributed by atoms with Gasteiger partial charge in [0.05, 0.1) is 25.0 Å². The largest absolute Gasteiger partial charge is 0.495 e. The molecule has 2 aromatic carbocycles. The third-order valence-electron chi connectivity index (χ3n) is 5.04. The van der Waals surface area contributed by atoms with Gasteiger partial charge in [-0.05, 0) is 38.0 Å². The molecule has 1 aliphatic heterocycles. The number of anilines is 1. The normalized spacial score (nSPS) is 15.4. The molecule has 1 aliphatic rings. The van der Waals surface area contributed by atoms with E-state index < -0.39 is 0 Å². The van der Waals surface area contributed by atoms with Crippen molar-refractivity contribution in [1.29, 1.82) is 0 Å². The fourth-order valence-electron chi connectivity index (χ4n) is 3.47. The standard InChI is InChI=1S/C14H21NO2.C9H10N.FH.W.H2/c1-13(2)8-17-14(3,4)9-6-7-10(16-5)12(15)11(9)13;1-7-4-5-9(10-3)8(2)6-7;;;/h6-7H,8,15H2,1-5H3;3-6H,1-2H3;1H;;1H/q;-1;;;/i;;;;1+2. The SMILES string of the molecule is COc1ccc2c(c1N)C(C)(C)COC2(C)C.F.[3HH].[CH-]=Nc1ccc(C)cc1C.[W]. The molecular weight excluding hydrogens is 539 g/mol. The summed E-state index contributed by atoms with van der Waals surface area (Å²) in [6, 6.07) is 9.96. The molecule has 0 fully saturated rings. The van der Waals surface area contributed by atoms with Gasteiger partial charge in [0.15, 0.2) is 0 Å². The summed E-state index contributed by atoms with van der Waals surface area (Å²) in [5.41, 5.74) is 12.2. The molecule has 0 unspecified atom stereocenters. The summed E-state index contributed by atoms with van der Waals surface area (Å²) in [5.74, 6) is 0.745. The number of nitrogens with zero attached hydrogens (tertiary/aromatic N) is 1. The Labute approximate surface area is 190 Å². The van der Waals surface area contributed by atoms with Gasteiger partial charge in [0.2, 0.25) is 0 Å². The number of hydrogen-bond donors (Lipinski definition) is 1. The number of aliphatic imine (C=N–C) groups is 1. The third kappa shape index (κ3) is 5.90. The van der Waals surface area contributed by atoms with E-state index in [-0.39, 0.29) is 38.2 Å². The Kier molecular flexibility index (Phi) is 9.75. The fourth-order valence-corrected chi connectivity index (χ4v) is 3.47. The van der Waals surface area contributed by atoms with E-state index in [0.717, 1.165) is 33.8 Å². The molecule has 0 amide bonds. The molecule has 0 atom stereocenters. The van der Waals surface area contributed by atoms with Gasteiger partial charge >= 0.3 is 0 Å². The topological polar surface area (TPSA) is 56.8 Å². The zero-order valence-corrected chi connectivity index (χ0v) is 21.3. The number of hydrogen-bond acceptors (Lipinski definition) is 4. The molecule has 3 rings (SSSR count). The van der Waals surface area contributed by atoms with Crippen molar-refractivity contribution in [3.8, 4) is 5.75 Å². The van der Waals surface area contributed by atoms with Crippen molar-refractivity contribution in [2.24, 2.45) is 4.99 Å². The van der Waals surface area contributed by atoms with E-state index >= 15 is 0 Å². The molecule has 0 bridgehead atoms. The predicted molar refractivity (Wildman–Crippen MR) is 118 cm³/mol. The number of nitrogens with two attached hydrogens (primary N) is 1. The molecule has 6 heteroatoms. The van der Waals surface area contributed by atoms with E-state index in [2.05, 4.69) is 44.8 Å². The Morgan fingerprint density at radius 3 is 2.28 bits per heavy atom. The van der Waals surface area contributed by atoms with Gasteiger partial charge < -0.3 is 20.2 Å². The second-order valence-corrected chi connectivity index (χ2v) is 8.21. The first-order chi connectivity index (χ1) is 12.5. The van der Waals surface area contributed by atoms with Gasteiger partial charge in [0.25, 0.3) is 0 Å². The number of ether oxygens (including phenoxy) is 2. The van der Waals surface area contributed by atoms with Crippen molar-refractivity contribution in [3.05, 3.63) is 52.6 Å². The van der Waals surface area contributed by atoms with Gasteiger partial charge in [-0.2, -0.15) is 6.72 Å². The molecule has 0 saturated heterocycles. The maximum Gasteiger partial charge on any atom is 0.142 e. The second kappa shape index (κ2) is 10.4. The molecule has 0 spiro atoms. The summed E-state index contributed by atoms with van der Waals surface area (Å²) in [6.45, 7) is 18.3. The minimum atomic E-state index is -0.286. The maximum absolute atomic E-state index is 6.23. The van der Waals surface area contributed by atoms with Crippen LogP contribution in [0.5, 0.6) is 5.75 Å². The minimum absolute atomic E-state index is 0. The molecular formula is C23H34FN2O2W-. The van der Waals surface area contributed by atoms with E-state index in [1.54, 1.807) is 7.11 Å². The number of nitrogen functional groups attached to an aromatic ring is 1. The number of halogens is 1. The molecule has 0 aromatic heterocycles. The van der Waals surface area contributed by atoms with Crippen LogP contribution in [0, 0.1) is 13.8 Å². The zero-order chi connectivity index (χ0) is 20.4. The van der Waals surface area contributed by atoms with Gasteiger partial charge in [-0.1, -0.05) is 50.2 Å². The van der Waals surface area contributed by atoms with Crippen molar-refractivity contribution in [3.63, 3.8) is 0 Å². The molecule has 1 heterocycles. The Hall–Kier alpha value is -1.71. The summed E-state index contributed by atoms with van der Waals surface area (Å²) < 4.78 is 11.2. The van der Waals surface area contributed by atoms with Gasteiger partial charge in [-0.15, -0.1) is 11.6 Å². The van der Waals surface area contributed by atoms with Gasteiger partial charge in [0, 0.05) is 27.9 Å². The molecule has 2 aromatic rings. The molecule has 162 valence electrons. The zero-order valence-electron chi connectivity index (χ0n) is 18.3. The summed E-state index contributed by atoms with van der Waals surface area (Å²) >= 11 is 0. The number of aryl methyl sites for hydroxylation is 2. The van der Waals surface area contributed by atoms with Crippen LogP contribution in [0.1, 0.15) is 51.4 Å². The van der Waals surface area contributed by atoms with Crippen LogP contribution in [0.4, 0.5) is 16.1 Å². The average molecular weight is 575 g/mol. The van der Waals surface area contributed by atoms with Crippen LogP contribution in [0.25, 0.3) is 0 Å². The van der Waals surface area contributed by atoms with E-state index in [0.29, 0.717) is 6.61 Å². The van der Waals surface area contributed by atoms with Crippen LogP contribution in [-0.4, -0.2) is 20.4 Å². The second-order valence-electron chi connectivity index (χ2n) is 8.21. The summed E-state index contributed by atoms with van der Waals surface area (Å²) in [5, 5.41) is 0. The first-order valence-corrected chi connectivity index (χ1v) is 9.13. The van der Waals surface area contributed by atoms with Crippen LogP contribution >= 0.6 is 0 Å². The van der Waals surface area contributed by atoms with Crippen molar-refractivity contribution in [2.75, 3.05) is 19.5 Å². The van der Waals surface area contributed by atoms with E-state index in [1.807, 2.05) is 32.0 Å². The van der Waals surface area contributed by atoms with Gasteiger partial charge in [-0.25, -0.2) is 0 Å². The average Bonchev–Trinajstić information content (AvgIpc) is 2.59. The quantitative estimate of drug-likeness (QED) is 0.283. The Bertz CT molecular complexity index is 857. The smallest absolute Gasteiger partial charge is 0.142 e. The summed E-state index contributed by atoms with van der Waals surface area (Å²) in [7, 11) is 1.65. The van der Waals surface area contributed by atoms with Crippen molar-refractivity contribution in [2.45, 2.75) is 52.6 Å². The number of benzene rings is 2. The molecule has 2 N–H and O–H groups in total. The van der Waals surface area contributed by atoms with Gasteiger partial charge in [0.1, 0.15) is 5.75 Å². The van der Waals surface area contributed by atoms with E-state index in [1.165, 1.54) is 5.56 Å². The van der Waals surface area contributed by atoms with Crippen LogP contribution in [-0.2, 0) is 36.8 Å². The van der Waals surface area contributed by atoms with E-state index in [4.69, 9.17) is 21.9 Å². The van der Waals surface area contributed by atoms with Crippen molar-refractivity contribution >= 4 is 18.1 Å². The molecule has 0 aliphatic carbocycles. The Balaban J connectivity index is 0. The fraction of sp³-hybridized carbons (Fsp3) is 0.435. The Morgan fingerprint density at radius 2 is 1.76 bits per heavy atom. The monoisotopic (exact) mass is 575 g/mol. The number of methoxy groups -OCH3 is 1. The molecule has 0 radical (unpaired) electrons. The first kappa shape index (κ1) is 27.3. The number of fused-ring (bicyclic) bond motifs is 1. The number of rotatable bonds is 2. The predicted octanol–water partition coefficient (Wildman–Crippen LogP) is 5.73. The van der Waals surface area contributed by atoms with Crippen LogP contribution in [0.3, 0.4) is 0 Å². The Morgan fingerprint density at radius 1 is 1.14 bits per heavy atom. The third-order valence-corrected chi connectivity index (χ3v) is 5.04. The van der Waals surface area contributed by atoms with E-state index in [9.17, 15) is 0 Å². The molecule has 0 saturated carbocycles. The van der Waals surface area contributed by atoms with Crippen molar-refractivity contribution < 1.29 is 36.7 Å². The van der Waals surface area contributed by atoms with Crippen LogP contribution in [0.15, 0.2) is 35.3 Å². The summed E-state index contributed by atoms with van der Waals surface area (Å²) in [6.07, 6.45) is 0. The molecule has 29 heavy (non-hydrogen) atoms. The van der Waals surface area contributed by atoms with Crippen molar-refractivity contribution in [1.82, 2.24) is 0 Å². The summed E-state index contributed by atoms with van der Waals surface area (Å²) in [4.78, 5) is 3.61. The van der Waals surface area contributed by atoms with Gasteiger partial charge in [-0.3, -0.25) is 4.70 Å². The van der Waals surface area contributed by atoms with Crippen LogP contribution < -0.4 is 10.5 Å². The minimum Gasteiger partial charge on any atom is -0.495 e. The first-order valence-electron chi connectivity index (χ1n) is 9.13. The molecule has 4 nitrogen and oxygen atoms in total.